The second kappa shape index (κ2) is 8.27. The molecule has 2 rings (SSSR count). The zero-order valence-electron chi connectivity index (χ0n) is 14.0. The summed E-state index contributed by atoms with van der Waals surface area (Å²) in [7, 11) is 1.98. The molecule has 2 aromatic rings. The average Bonchev–Trinajstić information content (AvgIpc) is 2.60. The minimum Gasteiger partial charge on any atom is -0.360 e. The Hall–Kier alpha value is -2.43. The van der Waals surface area contributed by atoms with E-state index >= 15 is 0 Å². The Bertz CT molecular complexity index is 630. The third-order valence-electron chi connectivity index (χ3n) is 3.77. The number of hydrogen-bond donors (Lipinski definition) is 1. The lowest BCUT2D eigenvalue weighted by Crippen LogP contribution is -2.28. The van der Waals surface area contributed by atoms with Gasteiger partial charge in [0.15, 0.2) is 0 Å². The summed E-state index contributed by atoms with van der Waals surface area (Å²) in [5.74, 6) is 0.583. The first-order valence-corrected chi connectivity index (χ1v) is 8.00. The highest BCUT2D eigenvalue weighted by Crippen LogP contribution is 2.14. The summed E-state index contributed by atoms with van der Waals surface area (Å²) in [6.45, 7) is 5.02. The number of rotatable bonds is 7. The second-order valence-electron chi connectivity index (χ2n) is 5.64. The Kier molecular flexibility index (Phi) is 6.09. The van der Waals surface area contributed by atoms with Crippen LogP contribution in [0.3, 0.4) is 0 Å². The van der Waals surface area contributed by atoms with Crippen LogP contribution in [0.2, 0.25) is 0 Å². The van der Waals surface area contributed by atoms with Gasteiger partial charge in [-0.2, -0.15) is 0 Å². The van der Waals surface area contributed by atoms with E-state index < -0.39 is 0 Å². The molecule has 0 saturated heterocycles. The molecule has 122 valence electrons. The molecule has 0 aliphatic heterocycles. The normalized spacial score (nSPS) is 11.8. The average molecular weight is 312 g/mol. The van der Waals surface area contributed by atoms with Gasteiger partial charge in [0.2, 0.25) is 0 Å². The van der Waals surface area contributed by atoms with E-state index in [0.29, 0.717) is 5.69 Å². The fourth-order valence-corrected chi connectivity index (χ4v) is 2.29. The van der Waals surface area contributed by atoms with Crippen LogP contribution in [0.15, 0.2) is 42.7 Å². The number of nitrogens with zero attached hydrogens (tertiary/aromatic N) is 3. The molecular formula is C18H24N4O. The largest absolute Gasteiger partial charge is 0.360 e. The predicted molar refractivity (Wildman–Crippen MR) is 92.5 cm³/mol. The Morgan fingerprint density at radius 1 is 1.26 bits per heavy atom. The monoisotopic (exact) mass is 312 g/mol. The Balaban J connectivity index is 2.05. The predicted octanol–water partition coefficient (Wildman–Crippen LogP) is 3.20. The second-order valence-corrected chi connectivity index (χ2v) is 5.64. The first kappa shape index (κ1) is 16.9. The van der Waals surface area contributed by atoms with Crippen molar-refractivity contribution in [1.82, 2.24) is 15.3 Å². The number of carbonyl (C=O) groups is 1. The van der Waals surface area contributed by atoms with Gasteiger partial charge in [0, 0.05) is 19.7 Å². The van der Waals surface area contributed by atoms with E-state index in [0.717, 1.165) is 30.8 Å². The topological polar surface area (TPSA) is 58.1 Å². The van der Waals surface area contributed by atoms with Crippen molar-refractivity contribution in [2.75, 3.05) is 18.5 Å². The van der Waals surface area contributed by atoms with Crippen molar-refractivity contribution < 1.29 is 4.79 Å². The number of anilines is 1. The smallest absolute Gasteiger partial charge is 0.270 e. The molecule has 1 unspecified atom stereocenters. The first-order valence-electron chi connectivity index (χ1n) is 8.00. The van der Waals surface area contributed by atoms with Crippen molar-refractivity contribution in [1.29, 1.82) is 0 Å². The summed E-state index contributed by atoms with van der Waals surface area (Å²) < 4.78 is 0. The lowest BCUT2D eigenvalue weighted by molar-refractivity contribution is 0.0934. The fourth-order valence-electron chi connectivity index (χ4n) is 2.29. The number of amides is 1. The summed E-state index contributed by atoms with van der Waals surface area (Å²) in [5.41, 5.74) is 1.45. The molecule has 1 amide bonds. The van der Waals surface area contributed by atoms with Crippen molar-refractivity contribution in [3.05, 3.63) is 54.0 Å². The van der Waals surface area contributed by atoms with Gasteiger partial charge in [0.05, 0.1) is 6.04 Å². The third kappa shape index (κ3) is 4.77. The number of nitrogens with one attached hydrogen (secondary N) is 1. The van der Waals surface area contributed by atoms with E-state index in [-0.39, 0.29) is 11.9 Å². The number of hydrogen-bond acceptors (Lipinski definition) is 4. The van der Waals surface area contributed by atoms with Crippen LogP contribution in [-0.2, 0) is 0 Å². The van der Waals surface area contributed by atoms with E-state index in [1.807, 2.05) is 49.2 Å². The Morgan fingerprint density at radius 3 is 2.70 bits per heavy atom. The van der Waals surface area contributed by atoms with Crippen LogP contribution in [0.25, 0.3) is 0 Å². The van der Waals surface area contributed by atoms with Gasteiger partial charge in [-0.15, -0.1) is 0 Å². The van der Waals surface area contributed by atoms with E-state index in [1.54, 1.807) is 6.07 Å². The molecule has 5 nitrogen and oxygen atoms in total. The SMILES string of the molecule is CCCCN(C)c1cc(C(=O)NC(C)c2ccccc2)ncn1. The molecule has 1 N–H and O–H groups in total. The van der Waals surface area contributed by atoms with Crippen LogP contribution in [-0.4, -0.2) is 29.5 Å². The number of carbonyl (C=O) groups excluding carboxylic acids is 1. The van der Waals surface area contributed by atoms with Gasteiger partial charge in [-0.05, 0) is 18.9 Å². The van der Waals surface area contributed by atoms with Gasteiger partial charge in [-0.3, -0.25) is 4.79 Å². The van der Waals surface area contributed by atoms with Crippen molar-refractivity contribution in [3.8, 4) is 0 Å². The highest BCUT2D eigenvalue weighted by molar-refractivity contribution is 5.93. The molecule has 1 atom stereocenters. The summed E-state index contributed by atoms with van der Waals surface area (Å²) in [4.78, 5) is 22.8. The van der Waals surface area contributed by atoms with E-state index in [2.05, 4.69) is 22.2 Å². The maximum atomic E-state index is 12.4. The first-order chi connectivity index (χ1) is 11.1. The molecule has 0 radical (unpaired) electrons. The molecule has 0 aliphatic rings. The fraction of sp³-hybridized carbons (Fsp3) is 0.389. The number of aromatic nitrogens is 2. The quantitative estimate of drug-likeness (QED) is 0.853. The zero-order valence-corrected chi connectivity index (χ0v) is 14.0. The maximum absolute atomic E-state index is 12.4. The summed E-state index contributed by atoms with van der Waals surface area (Å²) in [6.07, 6.45) is 3.66. The van der Waals surface area contributed by atoms with Crippen molar-refractivity contribution >= 4 is 11.7 Å². The lowest BCUT2D eigenvalue weighted by atomic mass is 10.1. The molecule has 0 spiro atoms. The Morgan fingerprint density at radius 2 is 2.00 bits per heavy atom. The summed E-state index contributed by atoms with van der Waals surface area (Å²) >= 11 is 0. The van der Waals surface area contributed by atoms with E-state index in [9.17, 15) is 4.79 Å². The molecule has 1 heterocycles. The van der Waals surface area contributed by atoms with Crippen LogP contribution in [0.4, 0.5) is 5.82 Å². The third-order valence-corrected chi connectivity index (χ3v) is 3.77. The minimum absolute atomic E-state index is 0.0695. The molecule has 23 heavy (non-hydrogen) atoms. The summed E-state index contributed by atoms with van der Waals surface area (Å²) in [6, 6.07) is 11.5. The number of benzene rings is 1. The van der Waals surface area contributed by atoms with Gasteiger partial charge in [0.1, 0.15) is 17.8 Å². The standard InChI is InChI=1S/C18H24N4O/c1-4-5-11-22(3)17-12-16(19-13-20-17)18(23)21-14(2)15-9-7-6-8-10-15/h6-10,12-14H,4-5,11H2,1-3H3,(H,21,23). The summed E-state index contributed by atoms with van der Waals surface area (Å²) in [5, 5.41) is 2.97. The molecule has 0 aliphatic carbocycles. The van der Waals surface area contributed by atoms with Crippen molar-refractivity contribution in [2.45, 2.75) is 32.7 Å². The van der Waals surface area contributed by atoms with E-state index in [1.165, 1.54) is 6.33 Å². The van der Waals surface area contributed by atoms with Crippen LogP contribution < -0.4 is 10.2 Å². The van der Waals surface area contributed by atoms with Gasteiger partial charge in [-0.25, -0.2) is 9.97 Å². The van der Waals surface area contributed by atoms with Crippen LogP contribution in [0.1, 0.15) is 48.8 Å². The minimum atomic E-state index is -0.186. The van der Waals surface area contributed by atoms with E-state index in [4.69, 9.17) is 0 Å². The lowest BCUT2D eigenvalue weighted by Gasteiger charge is -2.18. The van der Waals surface area contributed by atoms with Crippen molar-refractivity contribution in [2.24, 2.45) is 0 Å². The van der Waals surface area contributed by atoms with Crippen LogP contribution in [0, 0.1) is 0 Å². The highest BCUT2D eigenvalue weighted by atomic mass is 16.1. The Labute approximate surface area is 137 Å². The molecule has 1 aromatic carbocycles. The van der Waals surface area contributed by atoms with Crippen LogP contribution in [0.5, 0.6) is 0 Å². The van der Waals surface area contributed by atoms with Gasteiger partial charge >= 0.3 is 0 Å². The molecular weight excluding hydrogens is 288 g/mol. The molecule has 1 aromatic heterocycles. The molecule has 5 heteroatoms. The van der Waals surface area contributed by atoms with Gasteiger partial charge in [0.25, 0.3) is 5.91 Å². The maximum Gasteiger partial charge on any atom is 0.270 e. The van der Waals surface area contributed by atoms with Crippen molar-refractivity contribution in [3.63, 3.8) is 0 Å². The molecule has 0 bridgehead atoms. The van der Waals surface area contributed by atoms with Gasteiger partial charge < -0.3 is 10.2 Å². The molecule has 0 saturated carbocycles. The molecule has 0 fully saturated rings. The van der Waals surface area contributed by atoms with Crippen LogP contribution >= 0.6 is 0 Å². The highest BCUT2D eigenvalue weighted by Gasteiger charge is 2.14. The number of unbranched alkanes of at least 4 members (excludes halogenated alkanes) is 1. The van der Waals surface area contributed by atoms with Gasteiger partial charge in [-0.1, -0.05) is 43.7 Å². The zero-order chi connectivity index (χ0) is 16.7.